The molecule has 0 saturated heterocycles. The van der Waals surface area contributed by atoms with Gasteiger partial charge in [0.1, 0.15) is 18.2 Å². The summed E-state index contributed by atoms with van der Waals surface area (Å²) >= 11 is 0. The van der Waals surface area contributed by atoms with Crippen LogP contribution in [0.2, 0.25) is 0 Å². The van der Waals surface area contributed by atoms with E-state index in [4.69, 9.17) is 4.74 Å². The number of carbonyl (C=O) groups is 2. The maximum absolute atomic E-state index is 11.8. The number of halogens is 3. The van der Waals surface area contributed by atoms with Crippen LogP contribution >= 0.6 is 0 Å². The monoisotopic (exact) mass is 270 g/mol. The highest BCUT2D eigenvalue weighted by molar-refractivity contribution is 5.85. The van der Waals surface area contributed by atoms with E-state index < -0.39 is 36.4 Å². The van der Waals surface area contributed by atoms with Crippen LogP contribution in [0.1, 0.15) is 27.7 Å². The van der Waals surface area contributed by atoms with E-state index in [9.17, 15) is 22.8 Å². The van der Waals surface area contributed by atoms with Crippen molar-refractivity contribution < 1.29 is 27.5 Å². The number of ether oxygens (including phenoxy) is 1. The van der Waals surface area contributed by atoms with E-state index in [1.165, 1.54) is 6.92 Å². The van der Waals surface area contributed by atoms with Crippen LogP contribution in [-0.2, 0) is 9.53 Å². The zero-order chi connectivity index (χ0) is 14.6. The van der Waals surface area contributed by atoms with Crippen molar-refractivity contribution in [3.63, 3.8) is 0 Å². The molecule has 0 aliphatic heterocycles. The third-order valence-corrected chi connectivity index (χ3v) is 1.59. The van der Waals surface area contributed by atoms with Gasteiger partial charge in [-0.15, -0.1) is 0 Å². The topological polar surface area (TPSA) is 67.4 Å². The Morgan fingerprint density at radius 2 is 1.72 bits per heavy atom. The molecule has 2 amide bonds. The molecule has 0 saturated carbocycles. The summed E-state index contributed by atoms with van der Waals surface area (Å²) in [6, 6.07) is -1.11. The smallest absolute Gasteiger partial charge is 0.408 e. The summed E-state index contributed by atoms with van der Waals surface area (Å²) in [5.41, 5.74) is -0.744. The molecule has 18 heavy (non-hydrogen) atoms. The van der Waals surface area contributed by atoms with E-state index in [1.54, 1.807) is 26.1 Å². The number of nitrogens with one attached hydrogen (secondary N) is 2. The molecule has 0 aliphatic rings. The highest BCUT2D eigenvalue weighted by Crippen LogP contribution is 2.12. The maximum atomic E-state index is 11.8. The van der Waals surface area contributed by atoms with Gasteiger partial charge in [0.2, 0.25) is 5.91 Å². The molecular weight excluding hydrogens is 253 g/mol. The number of alkyl halides is 3. The second-order valence-electron chi connectivity index (χ2n) is 4.70. The van der Waals surface area contributed by atoms with Crippen LogP contribution in [0, 0.1) is 0 Å². The molecule has 0 aliphatic carbocycles. The van der Waals surface area contributed by atoms with Crippen molar-refractivity contribution in [1.29, 1.82) is 0 Å². The molecule has 0 radical (unpaired) electrons. The Morgan fingerprint density at radius 1 is 1.22 bits per heavy atom. The Morgan fingerprint density at radius 3 is 2.11 bits per heavy atom. The van der Waals surface area contributed by atoms with Crippen LogP contribution in [0.25, 0.3) is 0 Å². The maximum Gasteiger partial charge on any atom is 0.408 e. The summed E-state index contributed by atoms with van der Waals surface area (Å²) < 4.78 is 40.4. The molecule has 0 fully saturated rings. The molecule has 106 valence electrons. The molecule has 8 heteroatoms. The Kier molecular flexibility index (Phi) is 5.44. The first kappa shape index (κ1) is 16.5. The molecular formula is C10H17F3N2O3. The van der Waals surface area contributed by atoms with Gasteiger partial charge in [-0.2, -0.15) is 13.2 Å². The summed E-state index contributed by atoms with van der Waals surface area (Å²) in [4.78, 5) is 22.4. The van der Waals surface area contributed by atoms with Crippen LogP contribution in [0.3, 0.4) is 0 Å². The number of amides is 2. The number of hydrogen-bond acceptors (Lipinski definition) is 3. The third-order valence-electron chi connectivity index (χ3n) is 1.59. The number of alkyl carbamates (subject to hydrolysis) is 1. The van der Waals surface area contributed by atoms with Crippen molar-refractivity contribution in [2.75, 3.05) is 6.54 Å². The Bertz CT molecular complexity index is 310. The van der Waals surface area contributed by atoms with Crippen molar-refractivity contribution in [3.05, 3.63) is 0 Å². The fraction of sp³-hybridized carbons (Fsp3) is 0.800. The molecule has 1 atom stereocenters. The largest absolute Gasteiger partial charge is 0.444 e. The summed E-state index contributed by atoms with van der Waals surface area (Å²) in [6.07, 6.45) is -5.35. The predicted octanol–water partition coefficient (Wildman–Crippen LogP) is 1.58. The summed E-state index contributed by atoms with van der Waals surface area (Å²) in [5, 5.41) is 3.79. The van der Waals surface area contributed by atoms with Gasteiger partial charge in [0.15, 0.2) is 0 Å². The van der Waals surface area contributed by atoms with Crippen LogP contribution in [0.4, 0.5) is 18.0 Å². The highest BCUT2D eigenvalue weighted by atomic mass is 19.4. The lowest BCUT2D eigenvalue weighted by Crippen LogP contribution is -2.48. The quantitative estimate of drug-likeness (QED) is 0.818. The molecule has 1 unspecified atom stereocenters. The first-order valence-electron chi connectivity index (χ1n) is 5.25. The molecule has 0 aromatic heterocycles. The van der Waals surface area contributed by atoms with Crippen molar-refractivity contribution in [2.45, 2.75) is 45.5 Å². The minimum atomic E-state index is -4.48. The zero-order valence-corrected chi connectivity index (χ0v) is 10.6. The Hall–Kier alpha value is -1.47. The Labute approximate surface area is 103 Å². The van der Waals surface area contributed by atoms with Crippen molar-refractivity contribution in [3.8, 4) is 0 Å². The third kappa shape index (κ3) is 8.66. The average molecular weight is 270 g/mol. The number of rotatable bonds is 3. The first-order chi connectivity index (χ1) is 7.91. The van der Waals surface area contributed by atoms with Crippen molar-refractivity contribution >= 4 is 12.0 Å². The standard InChI is InChI=1S/C10H17F3N2O3/c1-6(7(16)14-5-10(11,12)13)15-8(17)18-9(2,3)4/h6H,5H2,1-4H3,(H,14,16)(H,15,17). The number of hydrogen-bond donors (Lipinski definition) is 2. The fourth-order valence-corrected chi connectivity index (χ4v) is 0.890. The molecule has 0 spiro atoms. The van der Waals surface area contributed by atoms with Gasteiger partial charge in [-0.3, -0.25) is 4.79 Å². The summed E-state index contributed by atoms with van der Waals surface area (Å²) in [6.45, 7) is 4.70. The van der Waals surface area contributed by atoms with E-state index in [-0.39, 0.29) is 0 Å². The van der Waals surface area contributed by atoms with E-state index in [2.05, 4.69) is 5.32 Å². The zero-order valence-electron chi connectivity index (χ0n) is 10.6. The van der Waals surface area contributed by atoms with Gasteiger partial charge in [0.25, 0.3) is 0 Å². The first-order valence-corrected chi connectivity index (χ1v) is 5.25. The van der Waals surface area contributed by atoms with Gasteiger partial charge >= 0.3 is 12.3 Å². The average Bonchev–Trinajstić information content (AvgIpc) is 2.09. The van der Waals surface area contributed by atoms with E-state index in [0.29, 0.717) is 0 Å². The van der Waals surface area contributed by atoms with Gasteiger partial charge in [-0.1, -0.05) is 0 Å². The minimum Gasteiger partial charge on any atom is -0.444 e. The highest BCUT2D eigenvalue weighted by Gasteiger charge is 2.29. The molecule has 0 heterocycles. The van der Waals surface area contributed by atoms with E-state index in [1.807, 2.05) is 0 Å². The summed E-state index contributed by atoms with van der Waals surface area (Å²) in [7, 11) is 0. The lowest BCUT2D eigenvalue weighted by atomic mass is 10.2. The van der Waals surface area contributed by atoms with Gasteiger partial charge in [0.05, 0.1) is 0 Å². The molecule has 0 aromatic rings. The normalized spacial score (nSPS) is 13.7. The minimum absolute atomic E-state index is 0.744. The van der Waals surface area contributed by atoms with Crippen LogP contribution in [0.5, 0.6) is 0 Å². The molecule has 2 N–H and O–H groups in total. The van der Waals surface area contributed by atoms with Crippen molar-refractivity contribution in [1.82, 2.24) is 10.6 Å². The van der Waals surface area contributed by atoms with Gasteiger partial charge in [-0.05, 0) is 27.7 Å². The van der Waals surface area contributed by atoms with E-state index in [0.717, 1.165) is 0 Å². The molecule has 0 aromatic carbocycles. The second kappa shape index (κ2) is 5.92. The number of carbonyl (C=O) groups excluding carboxylic acids is 2. The van der Waals surface area contributed by atoms with Crippen LogP contribution in [-0.4, -0.2) is 36.4 Å². The van der Waals surface area contributed by atoms with Crippen molar-refractivity contribution in [2.24, 2.45) is 0 Å². The van der Waals surface area contributed by atoms with Gasteiger partial charge in [0, 0.05) is 0 Å². The second-order valence-corrected chi connectivity index (χ2v) is 4.70. The lowest BCUT2D eigenvalue weighted by molar-refractivity contribution is -0.139. The Balaban J connectivity index is 4.13. The SMILES string of the molecule is CC(NC(=O)OC(C)(C)C)C(=O)NCC(F)(F)F. The lowest BCUT2D eigenvalue weighted by Gasteiger charge is -2.21. The van der Waals surface area contributed by atoms with E-state index >= 15 is 0 Å². The predicted molar refractivity (Wildman–Crippen MR) is 57.9 cm³/mol. The summed E-state index contributed by atoms with van der Waals surface area (Å²) in [5.74, 6) is -0.932. The fourth-order valence-electron chi connectivity index (χ4n) is 0.890. The van der Waals surface area contributed by atoms with Crippen LogP contribution in [0.15, 0.2) is 0 Å². The molecule has 0 rings (SSSR count). The van der Waals surface area contributed by atoms with Gasteiger partial charge in [-0.25, -0.2) is 4.79 Å². The van der Waals surface area contributed by atoms with Gasteiger partial charge < -0.3 is 15.4 Å². The molecule has 0 bridgehead atoms. The molecule has 5 nitrogen and oxygen atoms in total. The van der Waals surface area contributed by atoms with Crippen LogP contribution < -0.4 is 10.6 Å².